The van der Waals surface area contributed by atoms with E-state index >= 15 is 0 Å². The van der Waals surface area contributed by atoms with E-state index in [1.807, 2.05) is 6.92 Å². The first kappa shape index (κ1) is 24.4. The number of nitrogens with zero attached hydrogens (tertiary/aromatic N) is 1. The maximum atomic E-state index is 14.0. The molecule has 0 bridgehead atoms. The van der Waals surface area contributed by atoms with E-state index < -0.39 is 39.2 Å². The highest BCUT2D eigenvalue weighted by atomic mass is 32.2. The minimum absolute atomic E-state index is 0.0247. The highest BCUT2D eigenvalue weighted by molar-refractivity contribution is 7.92. The van der Waals surface area contributed by atoms with Gasteiger partial charge in [-0.1, -0.05) is 12.1 Å². The lowest BCUT2D eigenvalue weighted by atomic mass is 10.1. The van der Waals surface area contributed by atoms with E-state index in [0.29, 0.717) is 6.61 Å². The number of benzene rings is 3. The molecular weight excluding hydrogens is 480 g/mol. The first-order valence-electron chi connectivity index (χ1n) is 10.7. The van der Waals surface area contributed by atoms with Gasteiger partial charge in [0, 0.05) is 18.0 Å². The molecule has 35 heavy (non-hydrogen) atoms. The molecule has 184 valence electrons. The number of sulfonamides is 1. The molecule has 1 unspecified atom stereocenters. The molecule has 0 spiro atoms. The largest absolute Gasteiger partial charge is 0.484 e. The topological polar surface area (TPSA) is 111 Å². The minimum atomic E-state index is -4.08. The molecule has 1 aliphatic rings. The van der Waals surface area contributed by atoms with Crippen molar-refractivity contribution >= 4 is 33.0 Å². The maximum absolute atomic E-state index is 14.0. The fourth-order valence-corrected chi connectivity index (χ4v) is 5.22. The molecule has 1 atom stereocenters. The highest BCUT2D eigenvalue weighted by Crippen LogP contribution is 2.39. The van der Waals surface area contributed by atoms with Crippen LogP contribution in [0.5, 0.6) is 5.75 Å². The van der Waals surface area contributed by atoms with Crippen LogP contribution in [0.3, 0.4) is 0 Å². The molecule has 0 fully saturated rings. The summed E-state index contributed by atoms with van der Waals surface area (Å²) in [6.45, 7) is 2.32. The number of fused-ring (bicyclic) bond motifs is 1. The fraction of sp³-hybridized carbons (Fsp3) is 0.208. The Morgan fingerprint density at radius 3 is 2.54 bits per heavy atom. The van der Waals surface area contributed by atoms with Crippen molar-refractivity contribution < 1.29 is 31.5 Å². The second kappa shape index (κ2) is 9.88. The smallest absolute Gasteiger partial charge is 0.264 e. The van der Waals surface area contributed by atoms with Crippen LogP contribution in [-0.4, -0.2) is 40.2 Å². The van der Waals surface area contributed by atoms with Gasteiger partial charge < -0.3 is 20.5 Å². The van der Waals surface area contributed by atoms with Crippen LogP contribution in [0.1, 0.15) is 17.3 Å². The average Bonchev–Trinajstić information content (AvgIpc) is 2.82. The van der Waals surface area contributed by atoms with Gasteiger partial charge in [0.1, 0.15) is 29.1 Å². The Morgan fingerprint density at radius 1 is 1.14 bits per heavy atom. The Labute approximate surface area is 201 Å². The third-order valence-electron chi connectivity index (χ3n) is 5.29. The van der Waals surface area contributed by atoms with E-state index in [4.69, 9.17) is 15.2 Å². The van der Waals surface area contributed by atoms with E-state index in [0.717, 1.165) is 22.5 Å². The molecule has 8 nitrogen and oxygen atoms in total. The predicted octanol–water partition coefficient (Wildman–Crippen LogP) is 3.79. The van der Waals surface area contributed by atoms with Gasteiger partial charge in [-0.15, -0.1) is 0 Å². The Kier molecular flexibility index (Phi) is 6.90. The van der Waals surface area contributed by atoms with E-state index in [1.54, 1.807) is 6.07 Å². The van der Waals surface area contributed by atoms with Gasteiger partial charge in [-0.2, -0.15) is 0 Å². The molecule has 11 heteroatoms. The lowest BCUT2D eigenvalue weighted by Crippen LogP contribution is -2.45. The number of anilines is 3. The lowest BCUT2D eigenvalue weighted by Gasteiger charge is -2.35. The number of nitrogens with one attached hydrogen (secondary N) is 1. The summed E-state index contributed by atoms with van der Waals surface area (Å²) in [4.78, 5) is 12.5. The number of nitrogens with two attached hydrogens (primary N) is 1. The number of ether oxygens (including phenoxy) is 2. The van der Waals surface area contributed by atoms with E-state index in [1.165, 1.54) is 36.4 Å². The Balaban J connectivity index is 1.72. The summed E-state index contributed by atoms with van der Waals surface area (Å²) in [5, 5.41) is 2.42. The Bertz CT molecular complexity index is 1350. The number of rotatable bonds is 7. The summed E-state index contributed by atoms with van der Waals surface area (Å²) < 4.78 is 67.6. The average molecular weight is 504 g/mol. The lowest BCUT2D eigenvalue weighted by molar-refractivity contribution is 0.0577. The minimum Gasteiger partial charge on any atom is -0.484 e. The molecule has 0 aromatic heterocycles. The first-order valence-corrected chi connectivity index (χ1v) is 12.2. The van der Waals surface area contributed by atoms with Crippen molar-refractivity contribution in [3.63, 3.8) is 0 Å². The third-order valence-corrected chi connectivity index (χ3v) is 7.07. The van der Waals surface area contributed by atoms with Crippen LogP contribution in [0, 0.1) is 11.6 Å². The number of hydrogen-bond acceptors (Lipinski definition) is 6. The zero-order valence-corrected chi connectivity index (χ0v) is 19.5. The quantitative estimate of drug-likeness (QED) is 0.475. The third kappa shape index (κ3) is 5.05. The SMILES string of the molecule is CCOCC1CN(S(=O)(=O)c2cccc(N)c2)c2cc(NC(=O)c3c(F)cccc3F)ccc2O1. The normalized spacial score (nSPS) is 15.3. The van der Waals surface area contributed by atoms with E-state index in [2.05, 4.69) is 5.32 Å². The van der Waals surface area contributed by atoms with Crippen molar-refractivity contribution in [2.75, 3.05) is 35.1 Å². The van der Waals surface area contributed by atoms with E-state index in [9.17, 15) is 22.0 Å². The number of carbonyl (C=O) groups excluding carboxylic acids is 1. The number of amides is 1. The van der Waals surface area contributed by atoms with Crippen LogP contribution in [0.2, 0.25) is 0 Å². The summed E-state index contributed by atoms with van der Waals surface area (Å²) in [7, 11) is -4.08. The van der Waals surface area contributed by atoms with Gasteiger partial charge in [-0.25, -0.2) is 17.2 Å². The standard InChI is InChI=1S/C24H23F2N3O5S/c1-2-33-14-17-13-29(35(31,32)18-6-3-5-15(27)11-18)21-12-16(9-10-22(21)34-17)28-24(30)23-19(25)7-4-8-20(23)26/h3-12,17H,2,13-14,27H2,1H3,(H,28,30). The summed E-state index contributed by atoms with van der Waals surface area (Å²) in [6, 6.07) is 13.2. The Hall–Kier alpha value is -3.70. The van der Waals surface area contributed by atoms with Crippen LogP contribution in [0.15, 0.2) is 65.6 Å². The summed E-state index contributed by atoms with van der Waals surface area (Å²) in [5.74, 6) is -2.82. The molecule has 1 amide bonds. The molecule has 3 N–H and O–H groups in total. The molecule has 3 aromatic carbocycles. The van der Waals surface area contributed by atoms with Crippen LogP contribution < -0.4 is 20.1 Å². The van der Waals surface area contributed by atoms with Crippen molar-refractivity contribution in [2.24, 2.45) is 0 Å². The van der Waals surface area contributed by atoms with Gasteiger partial charge in [-0.05, 0) is 55.5 Å². The number of carbonyl (C=O) groups is 1. The van der Waals surface area contributed by atoms with Gasteiger partial charge >= 0.3 is 0 Å². The second-order valence-corrected chi connectivity index (χ2v) is 9.60. The van der Waals surface area contributed by atoms with Crippen molar-refractivity contribution in [3.8, 4) is 5.75 Å². The predicted molar refractivity (Wildman–Crippen MR) is 127 cm³/mol. The zero-order chi connectivity index (χ0) is 25.2. The first-order chi connectivity index (χ1) is 16.7. The molecule has 0 saturated heterocycles. The van der Waals surface area contributed by atoms with Gasteiger partial charge in [0.15, 0.2) is 0 Å². The molecule has 0 saturated carbocycles. The van der Waals surface area contributed by atoms with Gasteiger partial charge in [0.2, 0.25) is 0 Å². The molecule has 0 radical (unpaired) electrons. The van der Waals surface area contributed by atoms with Crippen LogP contribution >= 0.6 is 0 Å². The van der Waals surface area contributed by atoms with Gasteiger partial charge in [0.05, 0.1) is 23.7 Å². The summed E-state index contributed by atoms with van der Waals surface area (Å²) >= 11 is 0. The van der Waals surface area contributed by atoms with Crippen LogP contribution in [0.25, 0.3) is 0 Å². The maximum Gasteiger partial charge on any atom is 0.264 e. The number of hydrogen-bond donors (Lipinski definition) is 2. The summed E-state index contributed by atoms with van der Waals surface area (Å²) in [5.41, 5.74) is 5.59. The van der Waals surface area contributed by atoms with Crippen LogP contribution in [-0.2, 0) is 14.8 Å². The number of halogens is 2. The molecule has 4 rings (SSSR count). The van der Waals surface area contributed by atoms with E-state index in [-0.39, 0.29) is 40.9 Å². The molecule has 1 heterocycles. The highest BCUT2D eigenvalue weighted by Gasteiger charge is 2.35. The van der Waals surface area contributed by atoms with Crippen molar-refractivity contribution in [2.45, 2.75) is 17.9 Å². The fourth-order valence-electron chi connectivity index (χ4n) is 3.66. The van der Waals surface area contributed by atoms with Crippen molar-refractivity contribution in [1.29, 1.82) is 0 Å². The van der Waals surface area contributed by atoms with Gasteiger partial charge in [0.25, 0.3) is 15.9 Å². The molecule has 3 aromatic rings. The van der Waals surface area contributed by atoms with Gasteiger partial charge in [-0.3, -0.25) is 9.10 Å². The molecule has 0 aliphatic carbocycles. The second-order valence-electron chi connectivity index (χ2n) is 7.74. The van der Waals surface area contributed by atoms with Crippen molar-refractivity contribution in [1.82, 2.24) is 0 Å². The Morgan fingerprint density at radius 2 is 1.86 bits per heavy atom. The number of nitrogen functional groups attached to an aromatic ring is 1. The summed E-state index contributed by atoms with van der Waals surface area (Å²) in [6.07, 6.45) is -0.591. The monoisotopic (exact) mass is 503 g/mol. The van der Waals surface area contributed by atoms with Crippen molar-refractivity contribution in [3.05, 3.63) is 77.9 Å². The molecule has 1 aliphatic heterocycles. The zero-order valence-electron chi connectivity index (χ0n) is 18.7. The molecular formula is C24H23F2N3O5S. The van der Waals surface area contributed by atoms with Crippen LogP contribution in [0.4, 0.5) is 25.8 Å².